The number of benzene rings is 1. The molecule has 0 aliphatic carbocycles. The van der Waals surface area contributed by atoms with Crippen molar-refractivity contribution in [1.82, 2.24) is 29.9 Å². The summed E-state index contributed by atoms with van der Waals surface area (Å²) in [4.78, 5) is 26.1. The number of rotatable bonds is 8. The van der Waals surface area contributed by atoms with Gasteiger partial charge < -0.3 is 10.2 Å². The van der Waals surface area contributed by atoms with Gasteiger partial charge in [-0.3, -0.25) is 0 Å². The molecule has 0 saturated heterocycles. The highest BCUT2D eigenvalue weighted by atomic mass is 35.5. The van der Waals surface area contributed by atoms with Crippen LogP contribution in [0.1, 0.15) is 33.6 Å². The molecule has 0 aliphatic heterocycles. The highest BCUT2D eigenvalue weighted by Crippen LogP contribution is 2.30. The van der Waals surface area contributed by atoms with Crippen LogP contribution >= 0.6 is 46.4 Å². The van der Waals surface area contributed by atoms with E-state index in [4.69, 9.17) is 46.4 Å². The zero-order valence-electron chi connectivity index (χ0n) is 17.0. The van der Waals surface area contributed by atoms with Gasteiger partial charge in [0, 0.05) is 17.4 Å². The Morgan fingerprint density at radius 3 is 1.77 bits per heavy atom. The summed E-state index contributed by atoms with van der Waals surface area (Å²) in [5.74, 6) is 1.20. The maximum atomic E-state index is 6.03. The Bertz CT molecular complexity index is 991. The van der Waals surface area contributed by atoms with Crippen molar-refractivity contribution in [3.8, 4) is 0 Å². The Morgan fingerprint density at radius 2 is 1.26 bits per heavy atom. The number of halogens is 4. The van der Waals surface area contributed by atoms with Gasteiger partial charge in [-0.05, 0) is 96.4 Å². The molecule has 1 unspecified atom stereocenters. The van der Waals surface area contributed by atoms with E-state index < -0.39 is 0 Å². The van der Waals surface area contributed by atoms with Gasteiger partial charge in [0.05, 0.1) is 0 Å². The maximum Gasteiger partial charge on any atom is 0.235 e. The molecule has 0 saturated carbocycles. The average Bonchev–Trinajstić information content (AvgIpc) is 2.66. The molecular weight excluding hydrogens is 482 g/mol. The Morgan fingerprint density at radius 1 is 0.742 bits per heavy atom. The summed E-state index contributed by atoms with van der Waals surface area (Å²) in [6, 6.07) is 7.67. The molecule has 3 rings (SSSR count). The first-order valence-electron chi connectivity index (χ1n) is 9.51. The number of nitrogens with one attached hydrogen (secondary N) is 1. The third-order valence-corrected chi connectivity index (χ3v) is 5.05. The lowest BCUT2D eigenvalue weighted by Crippen LogP contribution is -2.30. The molecule has 1 N–H and O–H groups in total. The fraction of sp³-hybridized carbons (Fsp3) is 0.368. The summed E-state index contributed by atoms with van der Waals surface area (Å²) in [6.07, 6.45) is 1.98. The van der Waals surface area contributed by atoms with Gasteiger partial charge in [0.1, 0.15) is 0 Å². The van der Waals surface area contributed by atoms with Crippen LogP contribution in [0.4, 0.5) is 23.3 Å². The first kappa shape index (κ1) is 23.7. The number of nitrogens with zero attached hydrogens (tertiary/aromatic N) is 7. The van der Waals surface area contributed by atoms with E-state index in [0.29, 0.717) is 11.9 Å². The van der Waals surface area contributed by atoms with E-state index in [9.17, 15) is 0 Å². The molecule has 164 valence electrons. The molecule has 1 atom stereocenters. The molecule has 2 aromatic heterocycles. The number of aromatic nitrogens is 6. The quantitative estimate of drug-likeness (QED) is 0.380. The second-order valence-electron chi connectivity index (χ2n) is 7.23. The van der Waals surface area contributed by atoms with Crippen LogP contribution in [0.3, 0.4) is 0 Å². The lowest BCUT2D eigenvalue weighted by Gasteiger charge is -2.30. The first-order valence-corrected chi connectivity index (χ1v) is 11.0. The lowest BCUT2D eigenvalue weighted by atomic mass is 10.0. The highest BCUT2D eigenvalue weighted by Gasteiger charge is 2.21. The Hall–Kier alpha value is -2.00. The second kappa shape index (κ2) is 10.5. The van der Waals surface area contributed by atoms with Crippen molar-refractivity contribution >= 4 is 69.7 Å². The molecule has 0 radical (unpaired) electrons. The van der Waals surface area contributed by atoms with E-state index in [1.807, 2.05) is 29.2 Å². The fourth-order valence-corrected chi connectivity index (χ4v) is 3.63. The molecule has 0 bridgehead atoms. The predicted octanol–water partition coefficient (Wildman–Crippen LogP) is 6.38. The zero-order valence-corrected chi connectivity index (χ0v) is 20.0. The Balaban J connectivity index is 1.89. The van der Waals surface area contributed by atoms with E-state index in [1.54, 1.807) is 0 Å². The van der Waals surface area contributed by atoms with Crippen molar-refractivity contribution < 1.29 is 0 Å². The summed E-state index contributed by atoms with van der Waals surface area (Å²) in [6.45, 7) is 6.48. The zero-order chi connectivity index (χ0) is 22.5. The molecule has 12 heteroatoms. The molecule has 0 amide bonds. The van der Waals surface area contributed by atoms with Crippen LogP contribution in [-0.2, 0) is 0 Å². The van der Waals surface area contributed by atoms with Crippen LogP contribution in [0, 0.1) is 5.92 Å². The largest absolute Gasteiger partial charge is 0.324 e. The minimum absolute atomic E-state index is 0.00728. The van der Waals surface area contributed by atoms with E-state index >= 15 is 0 Å². The molecule has 0 aliphatic rings. The summed E-state index contributed by atoms with van der Waals surface area (Å²) >= 11 is 23.7. The Kier molecular flexibility index (Phi) is 8.05. The van der Waals surface area contributed by atoms with Crippen molar-refractivity contribution in [2.24, 2.45) is 5.92 Å². The van der Waals surface area contributed by atoms with Gasteiger partial charge in [0.15, 0.2) is 0 Å². The normalized spacial score (nSPS) is 12.1. The Labute approximate surface area is 200 Å². The van der Waals surface area contributed by atoms with Gasteiger partial charge >= 0.3 is 0 Å². The van der Waals surface area contributed by atoms with Gasteiger partial charge in [-0.1, -0.05) is 13.8 Å². The average molecular weight is 502 g/mol. The maximum absolute atomic E-state index is 6.03. The smallest absolute Gasteiger partial charge is 0.235 e. The first-order chi connectivity index (χ1) is 14.7. The summed E-state index contributed by atoms with van der Waals surface area (Å²) in [5.41, 5.74) is 1.61. The van der Waals surface area contributed by atoms with Gasteiger partial charge in [-0.25, -0.2) is 0 Å². The minimum atomic E-state index is 0.00728. The second-order valence-corrected chi connectivity index (χ2v) is 8.58. The molecule has 1 aromatic carbocycles. The monoisotopic (exact) mass is 500 g/mol. The fourth-order valence-electron chi connectivity index (χ4n) is 2.91. The SMILES string of the molecule is CC(C)CCC(C)N(c1ccc(Nc2nc(Cl)nc(Cl)n2)cc1)c1nc(Cl)nc(Cl)n1. The van der Waals surface area contributed by atoms with Crippen LogP contribution in [-0.4, -0.2) is 35.9 Å². The predicted molar refractivity (Wildman–Crippen MR) is 125 cm³/mol. The van der Waals surface area contributed by atoms with E-state index in [1.165, 1.54) is 0 Å². The van der Waals surface area contributed by atoms with Crippen LogP contribution in [0.2, 0.25) is 21.1 Å². The molecule has 8 nitrogen and oxygen atoms in total. The summed E-state index contributed by atoms with van der Waals surface area (Å²) < 4.78 is 0. The van der Waals surface area contributed by atoms with Crippen LogP contribution < -0.4 is 10.2 Å². The van der Waals surface area contributed by atoms with E-state index in [2.05, 4.69) is 56.0 Å². The molecule has 2 heterocycles. The topological polar surface area (TPSA) is 92.6 Å². The lowest BCUT2D eigenvalue weighted by molar-refractivity contribution is 0.506. The van der Waals surface area contributed by atoms with Crippen molar-refractivity contribution in [2.75, 3.05) is 10.2 Å². The van der Waals surface area contributed by atoms with Gasteiger partial charge in [0.2, 0.25) is 33.0 Å². The summed E-state index contributed by atoms with van der Waals surface area (Å²) in [7, 11) is 0. The number of anilines is 4. The van der Waals surface area contributed by atoms with E-state index in [-0.39, 0.29) is 33.1 Å². The van der Waals surface area contributed by atoms with Crippen molar-refractivity contribution in [3.63, 3.8) is 0 Å². The van der Waals surface area contributed by atoms with Gasteiger partial charge in [0.25, 0.3) is 0 Å². The molecule has 3 aromatic rings. The van der Waals surface area contributed by atoms with Gasteiger partial charge in [-0.15, -0.1) is 0 Å². The van der Waals surface area contributed by atoms with Gasteiger partial charge in [-0.2, -0.15) is 29.9 Å². The molecule has 0 fully saturated rings. The van der Waals surface area contributed by atoms with Crippen LogP contribution in [0.5, 0.6) is 0 Å². The van der Waals surface area contributed by atoms with E-state index in [0.717, 1.165) is 24.2 Å². The number of hydrogen-bond donors (Lipinski definition) is 1. The van der Waals surface area contributed by atoms with Crippen LogP contribution in [0.25, 0.3) is 0 Å². The third kappa shape index (κ3) is 6.74. The standard InChI is InChI=1S/C19H20Cl4N8/c1-10(2)4-5-11(3)31(19-29-16(22)26-17(23)30-19)13-8-6-12(7-9-13)24-18-27-14(20)25-15(21)28-18/h6-11H,4-5H2,1-3H3,(H,24,25,27,28). The minimum Gasteiger partial charge on any atom is -0.324 e. The van der Waals surface area contributed by atoms with Crippen molar-refractivity contribution in [1.29, 1.82) is 0 Å². The number of hydrogen-bond acceptors (Lipinski definition) is 8. The molecule has 0 spiro atoms. The summed E-state index contributed by atoms with van der Waals surface area (Å²) in [5, 5.41) is 3.14. The van der Waals surface area contributed by atoms with Crippen molar-refractivity contribution in [3.05, 3.63) is 45.4 Å². The molecule has 31 heavy (non-hydrogen) atoms. The third-order valence-electron chi connectivity index (χ3n) is 4.37. The van der Waals surface area contributed by atoms with Crippen molar-refractivity contribution in [2.45, 2.75) is 39.7 Å². The highest BCUT2D eigenvalue weighted by molar-refractivity contribution is 6.31. The van der Waals surface area contributed by atoms with Crippen LogP contribution in [0.15, 0.2) is 24.3 Å². The molecular formula is C19H20Cl4N8.